The molecule has 20 heavy (non-hydrogen) atoms. The third-order valence-electron chi connectivity index (χ3n) is 3.01. The molecular formula is C15H21NO4. The van der Waals surface area contributed by atoms with Gasteiger partial charge in [0.15, 0.2) is 0 Å². The molecule has 0 aliphatic rings. The van der Waals surface area contributed by atoms with Crippen LogP contribution in [0, 0.1) is 0 Å². The molecule has 5 nitrogen and oxygen atoms in total. The SMILES string of the molecule is CCC(C)OCC(=O)NCCc1ccc(C(=O)O)cc1. The van der Waals surface area contributed by atoms with Crippen LogP contribution in [0.3, 0.4) is 0 Å². The number of carbonyl (C=O) groups excluding carboxylic acids is 1. The molecule has 0 saturated heterocycles. The lowest BCUT2D eigenvalue weighted by atomic mass is 10.1. The molecule has 0 bridgehead atoms. The zero-order valence-corrected chi connectivity index (χ0v) is 11.9. The van der Waals surface area contributed by atoms with Gasteiger partial charge in [0.05, 0.1) is 11.7 Å². The number of amides is 1. The van der Waals surface area contributed by atoms with Gasteiger partial charge in [-0.3, -0.25) is 4.79 Å². The summed E-state index contributed by atoms with van der Waals surface area (Å²) in [6.07, 6.45) is 1.63. The van der Waals surface area contributed by atoms with E-state index in [1.807, 2.05) is 13.8 Å². The van der Waals surface area contributed by atoms with Gasteiger partial charge < -0.3 is 15.2 Å². The van der Waals surface area contributed by atoms with Crippen LogP contribution >= 0.6 is 0 Å². The average molecular weight is 279 g/mol. The molecule has 0 heterocycles. The molecule has 1 rings (SSSR count). The van der Waals surface area contributed by atoms with E-state index in [0.29, 0.717) is 13.0 Å². The van der Waals surface area contributed by atoms with Crippen molar-refractivity contribution >= 4 is 11.9 Å². The molecule has 0 aromatic heterocycles. The second kappa shape index (κ2) is 8.32. The van der Waals surface area contributed by atoms with Crippen LogP contribution in [-0.2, 0) is 16.0 Å². The van der Waals surface area contributed by atoms with Crippen LogP contribution in [-0.4, -0.2) is 36.2 Å². The molecule has 1 aromatic carbocycles. The van der Waals surface area contributed by atoms with Crippen molar-refractivity contribution in [1.82, 2.24) is 5.32 Å². The molecule has 2 N–H and O–H groups in total. The Morgan fingerprint density at radius 1 is 1.30 bits per heavy atom. The number of hydrogen-bond donors (Lipinski definition) is 2. The Kier molecular flexibility index (Phi) is 6.73. The summed E-state index contributed by atoms with van der Waals surface area (Å²) < 4.78 is 5.32. The monoisotopic (exact) mass is 279 g/mol. The fraction of sp³-hybridized carbons (Fsp3) is 0.467. The van der Waals surface area contributed by atoms with Gasteiger partial charge in [-0.05, 0) is 37.5 Å². The number of ether oxygens (including phenoxy) is 1. The molecule has 0 radical (unpaired) electrons. The highest BCUT2D eigenvalue weighted by molar-refractivity contribution is 5.87. The van der Waals surface area contributed by atoms with Gasteiger partial charge in [-0.25, -0.2) is 4.79 Å². The van der Waals surface area contributed by atoms with Gasteiger partial charge in [0, 0.05) is 6.54 Å². The highest BCUT2D eigenvalue weighted by atomic mass is 16.5. The lowest BCUT2D eigenvalue weighted by Crippen LogP contribution is -2.30. The molecule has 1 amide bonds. The van der Waals surface area contributed by atoms with Crippen LogP contribution in [0.15, 0.2) is 24.3 Å². The van der Waals surface area contributed by atoms with Crippen molar-refractivity contribution in [1.29, 1.82) is 0 Å². The molecule has 1 atom stereocenters. The van der Waals surface area contributed by atoms with E-state index in [4.69, 9.17) is 9.84 Å². The molecule has 1 unspecified atom stereocenters. The van der Waals surface area contributed by atoms with E-state index >= 15 is 0 Å². The number of aromatic carboxylic acids is 1. The summed E-state index contributed by atoms with van der Waals surface area (Å²) in [6, 6.07) is 6.63. The molecule has 0 saturated carbocycles. The molecule has 110 valence electrons. The van der Waals surface area contributed by atoms with E-state index in [-0.39, 0.29) is 24.2 Å². The number of carbonyl (C=O) groups is 2. The zero-order chi connectivity index (χ0) is 15.0. The molecule has 1 aromatic rings. The number of carboxylic acids is 1. The highest BCUT2D eigenvalue weighted by Crippen LogP contribution is 2.04. The molecule has 0 aliphatic carbocycles. The van der Waals surface area contributed by atoms with E-state index in [9.17, 15) is 9.59 Å². The Bertz CT molecular complexity index is 442. The largest absolute Gasteiger partial charge is 0.478 e. The first kappa shape index (κ1) is 16.2. The van der Waals surface area contributed by atoms with Crippen LogP contribution in [0.5, 0.6) is 0 Å². The van der Waals surface area contributed by atoms with Crippen molar-refractivity contribution in [3.63, 3.8) is 0 Å². The van der Waals surface area contributed by atoms with Crippen LogP contribution in [0.1, 0.15) is 36.2 Å². The minimum atomic E-state index is -0.938. The smallest absolute Gasteiger partial charge is 0.335 e. The summed E-state index contributed by atoms with van der Waals surface area (Å²) in [5, 5.41) is 11.5. The quantitative estimate of drug-likeness (QED) is 0.761. The Balaban J connectivity index is 2.26. The fourth-order valence-electron chi connectivity index (χ4n) is 1.55. The summed E-state index contributed by atoms with van der Waals surface area (Å²) in [5.74, 6) is -1.07. The van der Waals surface area contributed by atoms with Crippen molar-refractivity contribution in [2.24, 2.45) is 0 Å². The predicted octanol–water partition coefficient (Wildman–Crippen LogP) is 1.86. The zero-order valence-electron chi connectivity index (χ0n) is 11.9. The minimum Gasteiger partial charge on any atom is -0.478 e. The van der Waals surface area contributed by atoms with Gasteiger partial charge in [0.2, 0.25) is 5.91 Å². The standard InChI is InChI=1S/C15H21NO4/c1-3-11(2)20-10-14(17)16-9-8-12-4-6-13(7-5-12)15(18)19/h4-7,11H,3,8-10H2,1-2H3,(H,16,17)(H,18,19). The average Bonchev–Trinajstić information content (AvgIpc) is 2.45. The summed E-state index contributed by atoms with van der Waals surface area (Å²) >= 11 is 0. The van der Waals surface area contributed by atoms with Crippen molar-refractivity contribution < 1.29 is 19.4 Å². The summed E-state index contributed by atoms with van der Waals surface area (Å²) in [4.78, 5) is 22.2. The van der Waals surface area contributed by atoms with Gasteiger partial charge >= 0.3 is 5.97 Å². The maximum absolute atomic E-state index is 11.5. The fourth-order valence-corrected chi connectivity index (χ4v) is 1.55. The summed E-state index contributed by atoms with van der Waals surface area (Å²) in [6.45, 7) is 4.52. The van der Waals surface area contributed by atoms with Crippen molar-refractivity contribution in [2.45, 2.75) is 32.8 Å². The third-order valence-corrected chi connectivity index (χ3v) is 3.01. The normalized spacial score (nSPS) is 11.9. The van der Waals surface area contributed by atoms with E-state index < -0.39 is 5.97 Å². The molecule has 5 heteroatoms. The third kappa shape index (κ3) is 5.84. The van der Waals surface area contributed by atoms with Gasteiger partial charge in [-0.1, -0.05) is 19.1 Å². The molecule has 0 fully saturated rings. The maximum Gasteiger partial charge on any atom is 0.335 e. The Labute approximate surface area is 118 Å². The first-order chi connectivity index (χ1) is 9.52. The predicted molar refractivity (Wildman–Crippen MR) is 75.8 cm³/mol. The van der Waals surface area contributed by atoms with Gasteiger partial charge in [-0.2, -0.15) is 0 Å². The lowest BCUT2D eigenvalue weighted by Gasteiger charge is -2.10. The second-order valence-corrected chi connectivity index (χ2v) is 4.63. The number of benzene rings is 1. The van der Waals surface area contributed by atoms with Gasteiger partial charge in [0.25, 0.3) is 0 Å². The van der Waals surface area contributed by atoms with Crippen LogP contribution in [0.25, 0.3) is 0 Å². The van der Waals surface area contributed by atoms with Crippen molar-refractivity contribution in [3.05, 3.63) is 35.4 Å². The minimum absolute atomic E-state index is 0.0763. The number of nitrogens with one attached hydrogen (secondary N) is 1. The van der Waals surface area contributed by atoms with Crippen LogP contribution < -0.4 is 5.32 Å². The van der Waals surface area contributed by atoms with E-state index in [0.717, 1.165) is 12.0 Å². The van der Waals surface area contributed by atoms with Crippen molar-refractivity contribution in [3.8, 4) is 0 Å². The first-order valence-corrected chi connectivity index (χ1v) is 6.73. The van der Waals surface area contributed by atoms with Gasteiger partial charge in [0.1, 0.15) is 6.61 Å². The van der Waals surface area contributed by atoms with Crippen molar-refractivity contribution in [2.75, 3.05) is 13.2 Å². The lowest BCUT2D eigenvalue weighted by molar-refractivity contribution is -0.127. The Morgan fingerprint density at radius 2 is 1.95 bits per heavy atom. The topological polar surface area (TPSA) is 75.6 Å². The summed E-state index contributed by atoms with van der Waals surface area (Å²) in [7, 11) is 0. The molecular weight excluding hydrogens is 258 g/mol. The maximum atomic E-state index is 11.5. The van der Waals surface area contributed by atoms with Crippen LogP contribution in [0.4, 0.5) is 0 Å². The molecule has 0 aliphatic heterocycles. The van der Waals surface area contributed by atoms with E-state index in [2.05, 4.69) is 5.32 Å². The first-order valence-electron chi connectivity index (χ1n) is 6.73. The number of rotatable bonds is 8. The summed E-state index contributed by atoms with van der Waals surface area (Å²) in [5.41, 5.74) is 1.25. The van der Waals surface area contributed by atoms with Gasteiger partial charge in [-0.15, -0.1) is 0 Å². The molecule has 0 spiro atoms. The van der Waals surface area contributed by atoms with E-state index in [1.165, 1.54) is 0 Å². The second-order valence-electron chi connectivity index (χ2n) is 4.63. The van der Waals surface area contributed by atoms with Crippen LogP contribution in [0.2, 0.25) is 0 Å². The highest BCUT2D eigenvalue weighted by Gasteiger charge is 2.05. The number of carboxylic acid groups (broad SMARTS) is 1. The number of hydrogen-bond acceptors (Lipinski definition) is 3. The Hall–Kier alpha value is -1.88. The Morgan fingerprint density at radius 3 is 2.50 bits per heavy atom. The van der Waals surface area contributed by atoms with E-state index in [1.54, 1.807) is 24.3 Å².